The highest BCUT2D eigenvalue weighted by Gasteiger charge is 2.15. The highest BCUT2D eigenvalue weighted by Crippen LogP contribution is 2.22. The monoisotopic (exact) mass is 307 g/mol. The number of hydrogen-bond acceptors (Lipinski definition) is 4. The maximum atomic E-state index is 4.83. The van der Waals surface area contributed by atoms with E-state index in [1.165, 1.54) is 17.5 Å². The highest BCUT2D eigenvalue weighted by atomic mass is 16.5. The van der Waals surface area contributed by atoms with Gasteiger partial charge in [-0.25, -0.2) is 4.99 Å². The van der Waals surface area contributed by atoms with Crippen LogP contribution in [0.2, 0.25) is 0 Å². The Morgan fingerprint density at radius 3 is 2.83 bits per heavy atom. The maximum Gasteiger partial charge on any atom is 0.174 e. The molecule has 0 bridgehead atoms. The lowest BCUT2D eigenvalue weighted by Crippen LogP contribution is -2.29. The Morgan fingerprint density at radius 2 is 2.09 bits per heavy atom. The topological polar surface area (TPSA) is 37.7 Å². The molecule has 0 N–H and O–H groups in total. The third kappa shape index (κ3) is 4.27. The van der Waals surface area contributed by atoms with E-state index in [0.29, 0.717) is 0 Å². The summed E-state index contributed by atoms with van der Waals surface area (Å²) in [7, 11) is 1.58. The first-order valence-electron chi connectivity index (χ1n) is 7.82. The first-order valence-corrected chi connectivity index (χ1v) is 7.82. The van der Waals surface area contributed by atoms with Gasteiger partial charge in [0, 0.05) is 19.6 Å². The highest BCUT2D eigenvalue weighted by molar-refractivity contribution is 5.66. The van der Waals surface area contributed by atoms with E-state index in [1.807, 2.05) is 12.1 Å². The molecular formula is C19H21N3O. The zero-order valence-electron chi connectivity index (χ0n) is 13.4. The number of ether oxygens (including phenoxy) is 1. The van der Waals surface area contributed by atoms with Crippen molar-refractivity contribution in [3.63, 3.8) is 0 Å². The molecule has 0 saturated carbocycles. The van der Waals surface area contributed by atoms with Gasteiger partial charge in [-0.1, -0.05) is 36.4 Å². The second-order valence-electron chi connectivity index (χ2n) is 5.59. The molecule has 0 radical (unpaired) electrons. The van der Waals surface area contributed by atoms with Crippen molar-refractivity contribution in [3.05, 3.63) is 66.0 Å². The molecule has 0 unspecified atom stereocenters. The predicted molar refractivity (Wildman–Crippen MR) is 93.7 cm³/mol. The van der Waals surface area contributed by atoms with Crippen molar-refractivity contribution in [3.8, 4) is 0 Å². The third-order valence-electron chi connectivity index (χ3n) is 3.86. The third-order valence-corrected chi connectivity index (χ3v) is 3.86. The van der Waals surface area contributed by atoms with Gasteiger partial charge in [-0.3, -0.25) is 9.88 Å². The fourth-order valence-electron chi connectivity index (χ4n) is 2.73. The SMILES string of the molecule is COC=Nc1ccc(C2=CCCN(Cc3ccccc3)C2)nc1. The molecule has 23 heavy (non-hydrogen) atoms. The molecule has 1 aliphatic rings. The first-order chi connectivity index (χ1) is 11.3. The standard InChI is InChI=1S/C19H21N3O/c1-23-15-21-18-9-10-19(20-12-18)17-8-5-11-22(14-17)13-16-6-3-2-4-7-16/h2-4,6-10,12,15H,5,11,13-14H2,1H3. The zero-order valence-corrected chi connectivity index (χ0v) is 13.4. The van der Waals surface area contributed by atoms with Gasteiger partial charge in [0.25, 0.3) is 0 Å². The van der Waals surface area contributed by atoms with E-state index in [4.69, 9.17) is 4.74 Å². The summed E-state index contributed by atoms with van der Waals surface area (Å²) in [6.07, 6.45) is 6.55. The minimum atomic E-state index is 0.799. The quantitative estimate of drug-likeness (QED) is 0.625. The summed E-state index contributed by atoms with van der Waals surface area (Å²) in [5, 5.41) is 0. The lowest BCUT2D eigenvalue weighted by Gasteiger charge is -2.27. The number of hydrogen-bond donors (Lipinski definition) is 0. The average Bonchev–Trinajstić information content (AvgIpc) is 2.61. The second-order valence-corrected chi connectivity index (χ2v) is 5.59. The Balaban J connectivity index is 1.66. The van der Waals surface area contributed by atoms with Gasteiger partial charge < -0.3 is 4.74 Å². The molecule has 4 heteroatoms. The number of aromatic nitrogens is 1. The smallest absolute Gasteiger partial charge is 0.174 e. The van der Waals surface area contributed by atoms with Crippen LogP contribution in [0.1, 0.15) is 17.7 Å². The first kappa shape index (κ1) is 15.4. The normalized spacial score (nSPS) is 15.6. The predicted octanol–water partition coefficient (Wildman–Crippen LogP) is 3.68. The van der Waals surface area contributed by atoms with E-state index in [1.54, 1.807) is 13.3 Å². The lowest BCUT2D eigenvalue weighted by molar-refractivity contribution is 0.296. The van der Waals surface area contributed by atoms with Crippen molar-refractivity contribution < 1.29 is 4.74 Å². The van der Waals surface area contributed by atoms with E-state index in [-0.39, 0.29) is 0 Å². The van der Waals surface area contributed by atoms with Crippen molar-refractivity contribution in [1.82, 2.24) is 9.88 Å². The van der Waals surface area contributed by atoms with Crippen LogP contribution in [0.25, 0.3) is 5.57 Å². The summed E-state index contributed by atoms with van der Waals surface area (Å²) in [6.45, 7) is 3.01. The molecule has 0 atom stereocenters. The van der Waals surface area contributed by atoms with Crippen LogP contribution in [0, 0.1) is 0 Å². The summed E-state index contributed by atoms with van der Waals surface area (Å²) >= 11 is 0. The molecule has 0 aliphatic carbocycles. The zero-order chi connectivity index (χ0) is 15.9. The van der Waals surface area contributed by atoms with Gasteiger partial charge >= 0.3 is 0 Å². The van der Waals surface area contributed by atoms with Crippen LogP contribution in [0.5, 0.6) is 0 Å². The van der Waals surface area contributed by atoms with Gasteiger partial charge in [0.1, 0.15) is 0 Å². The van der Waals surface area contributed by atoms with Crippen molar-refractivity contribution in [1.29, 1.82) is 0 Å². The molecule has 4 nitrogen and oxygen atoms in total. The summed E-state index contributed by atoms with van der Waals surface area (Å²) in [6, 6.07) is 14.6. The van der Waals surface area contributed by atoms with Crippen LogP contribution in [-0.2, 0) is 11.3 Å². The molecule has 1 aliphatic heterocycles. The molecule has 2 heterocycles. The number of nitrogens with zero attached hydrogens (tertiary/aromatic N) is 3. The van der Waals surface area contributed by atoms with Crippen molar-refractivity contribution in [2.45, 2.75) is 13.0 Å². The number of methoxy groups -OCH3 is 1. The summed E-state index contributed by atoms with van der Waals surface area (Å²) in [5.74, 6) is 0. The van der Waals surface area contributed by atoms with Gasteiger partial charge in [0.2, 0.25) is 0 Å². The average molecular weight is 307 g/mol. The Kier molecular flexibility index (Phi) is 5.17. The van der Waals surface area contributed by atoms with E-state index < -0.39 is 0 Å². The lowest BCUT2D eigenvalue weighted by atomic mass is 10.0. The molecular weight excluding hydrogens is 286 g/mol. The molecule has 0 amide bonds. The van der Waals surface area contributed by atoms with Crippen LogP contribution in [-0.4, -0.2) is 36.5 Å². The van der Waals surface area contributed by atoms with Crippen molar-refractivity contribution in [2.24, 2.45) is 4.99 Å². The van der Waals surface area contributed by atoms with Gasteiger partial charge in [-0.15, -0.1) is 0 Å². The van der Waals surface area contributed by atoms with Crippen LogP contribution < -0.4 is 0 Å². The second kappa shape index (κ2) is 7.70. The van der Waals surface area contributed by atoms with E-state index >= 15 is 0 Å². The molecule has 0 fully saturated rings. The number of rotatable bonds is 5. The Hall–Kier alpha value is -2.46. The van der Waals surface area contributed by atoms with Gasteiger partial charge in [0.05, 0.1) is 24.7 Å². The molecule has 0 spiro atoms. The van der Waals surface area contributed by atoms with Crippen molar-refractivity contribution >= 4 is 17.7 Å². The summed E-state index contributed by atoms with van der Waals surface area (Å²) in [4.78, 5) is 11.1. The number of pyridine rings is 1. The van der Waals surface area contributed by atoms with Crippen LogP contribution >= 0.6 is 0 Å². The summed E-state index contributed by atoms with van der Waals surface area (Å²) in [5.41, 5.74) is 4.47. The number of aliphatic imine (C=N–C) groups is 1. The summed E-state index contributed by atoms with van der Waals surface area (Å²) < 4.78 is 4.83. The maximum absolute atomic E-state index is 4.83. The fourth-order valence-corrected chi connectivity index (χ4v) is 2.73. The molecule has 0 saturated heterocycles. The minimum absolute atomic E-state index is 0.799. The van der Waals surface area contributed by atoms with Gasteiger partial charge in [-0.05, 0) is 29.7 Å². The van der Waals surface area contributed by atoms with Crippen LogP contribution in [0.15, 0.2) is 59.7 Å². The van der Waals surface area contributed by atoms with Crippen LogP contribution in [0.4, 0.5) is 5.69 Å². The Morgan fingerprint density at radius 1 is 1.22 bits per heavy atom. The fraction of sp³-hybridized carbons (Fsp3) is 0.263. The van der Waals surface area contributed by atoms with E-state index in [9.17, 15) is 0 Å². The minimum Gasteiger partial charge on any atom is -0.486 e. The Bertz CT molecular complexity index is 678. The Labute approximate surface area is 137 Å². The van der Waals surface area contributed by atoms with E-state index in [0.717, 1.165) is 37.4 Å². The molecule has 118 valence electrons. The van der Waals surface area contributed by atoms with Crippen molar-refractivity contribution in [2.75, 3.05) is 20.2 Å². The largest absolute Gasteiger partial charge is 0.486 e. The number of benzene rings is 1. The van der Waals surface area contributed by atoms with Gasteiger partial charge in [-0.2, -0.15) is 0 Å². The molecule has 1 aromatic carbocycles. The molecule has 1 aromatic heterocycles. The van der Waals surface area contributed by atoms with E-state index in [2.05, 4.69) is 51.3 Å². The van der Waals surface area contributed by atoms with Gasteiger partial charge in [0.15, 0.2) is 6.40 Å². The molecule has 2 aromatic rings. The molecule has 3 rings (SSSR count). The van der Waals surface area contributed by atoms with Crippen LogP contribution in [0.3, 0.4) is 0 Å².